The highest BCUT2D eigenvalue weighted by atomic mass is 16.5. The van der Waals surface area contributed by atoms with Crippen molar-refractivity contribution in [3.63, 3.8) is 0 Å². The molecule has 1 aromatic carbocycles. The zero-order valence-corrected chi connectivity index (χ0v) is 11.1. The van der Waals surface area contributed by atoms with Crippen molar-refractivity contribution >= 4 is 0 Å². The number of hydrogen-bond acceptors (Lipinski definition) is 2. The Hall–Kier alpha value is -1.02. The molecule has 0 N–H and O–H groups in total. The van der Waals surface area contributed by atoms with E-state index in [0.29, 0.717) is 0 Å². The van der Waals surface area contributed by atoms with Gasteiger partial charge in [-0.2, -0.15) is 0 Å². The molecule has 3 heterocycles. The van der Waals surface area contributed by atoms with Gasteiger partial charge in [0.15, 0.2) is 0 Å². The lowest BCUT2D eigenvalue weighted by Crippen LogP contribution is -2.48. The molecule has 2 nitrogen and oxygen atoms in total. The summed E-state index contributed by atoms with van der Waals surface area (Å²) in [6.45, 7) is 3.54. The van der Waals surface area contributed by atoms with Gasteiger partial charge in [0, 0.05) is 6.04 Å². The average Bonchev–Trinajstić information content (AvgIpc) is 2.46. The van der Waals surface area contributed by atoms with E-state index in [1.54, 1.807) is 0 Å². The van der Waals surface area contributed by atoms with Crippen molar-refractivity contribution in [2.24, 2.45) is 5.92 Å². The van der Waals surface area contributed by atoms with Crippen molar-refractivity contribution in [3.8, 4) is 5.75 Å². The summed E-state index contributed by atoms with van der Waals surface area (Å²) in [5.74, 6) is 2.03. The summed E-state index contributed by atoms with van der Waals surface area (Å²) in [5, 5.41) is 0. The highest BCUT2D eigenvalue weighted by Gasteiger charge is 2.32. The largest absolute Gasteiger partial charge is 0.494 e. The van der Waals surface area contributed by atoms with Crippen LogP contribution in [0.3, 0.4) is 0 Å². The zero-order chi connectivity index (χ0) is 12.2. The summed E-state index contributed by atoms with van der Waals surface area (Å²) in [4.78, 5) is 2.70. The smallest absolute Gasteiger partial charge is 0.119 e. The molecule has 0 amide bonds. The summed E-state index contributed by atoms with van der Waals surface area (Å²) in [5.41, 5.74) is 0. The van der Waals surface area contributed by atoms with Gasteiger partial charge in [0.05, 0.1) is 6.61 Å². The van der Waals surface area contributed by atoms with Crippen LogP contribution in [-0.4, -0.2) is 30.6 Å². The molecular weight excluding hydrogens is 222 g/mol. The Morgan fingerprint density at radius 3 is 2.56 bits per heavy atom. The van der Waals surface area contributed by atoms with E-state index in [0.717, 1.165) is 24.3 Å². The molecule has 3 aliphatic heterocycles. The second kappa shape index (κ2) is 5.75. The van der Waals surface area contributed by atoms with Gasteiger partial charge in [0.25, 0.3) is 0 Å². The fourth-order valence-electron chi connectivity index (χ4n) is 3.41. The van der Waals surface area contributed by atoms with Crippen molar-refractivity contribution in [1.82, 2.24) is 4.90 Å². The molecule has 2 bridgehead atoms. The number of fused-ring (bicyclic) bond motifs is 3. The molecular formula is C16H23NO. The van der Waals surface area contributed by atoms with Gasteiger partial charge < -0.3 is 9.64 Å². The van der Waals surface area contributed by atoms with Crippen molar-refractivity contribution in [2.75, 3.05) is 19.7 Å². The number of para-hydroxylation sites is 1. The highest BCUT2D eigenvalue weighted by Crippen LogP contribution is 2.33. The molecule has 3 fully saturated rings. The molecule has 0 radical (unpaired) electrons. The van der Waals surface area contributed by atoms with Gasteiger partial charge in [-0.25, -0.2) is 0 Å². The lowest BCUT2D eigenvalue weighted by atomic mass is 9.82. The minimum Gasteiger partial charge on any atom is -0.494 e. The zero-order valence-electron chi connectivity index (χ0n) is 11.1. The minimum atomic E-state index is 0.844. The number of rotatable bonds is 5. The van der Waals surface area contributed by atoms with Gasteiger partial charge in [0.2, 0.25) is 0 Å². The average molecular weight is 245 g/mol. The number of nitrogens with zero attached hydrogens (tertiary/aromatic N) is 1. The molecule has 0 saturated carbocycles. The molecule has 18 heavy (non-hydrogen) atoms. The van der Waals surface area contributed by atoms with Crippen LogP contribution in [0.25, 0.3) is 0 Å². The summed E-state index contributed by atoms with van der Waals surface area (Å²) in [7, 11) is 0. The minimum absolute atomic E-state index is 0.844. The molecule has 4 rings (SSSR count). The third-order valence-corrected chi connectivity index (χ3v) is 4.46. The van der Waals surface area contributed by atoms with Gasteiger partial charge >= 0.3 is 0 Å². The van der Waals surface area contributed by atoms with Gasteiger partial charge in [0.1, 0.15) is 5.75 Å². The first kappa shape index (κ1) is 12.0. The molecule has 2 heteroatoms. The normalized spacial score (nSPS) is 30.3. The molecule has 1 atom stereocenters. The third-order valence-electron chi connectivity index (χ3n) is 4.46. The van der Waals surface area contributed by atoms with Gasteiger partial charge in [-0.05, 0) is 63.2 Å². The molecule has 3 aliphatic rings. The van der Waals surface area contributed by atoms with E-state index in [2.05, 4.69) is 4.90 Å². The first-order valence-electron chi connectivity index (χ1n) is 7.34. The third kappa shape index (κ3) is 2.86. The predicted molar refractivity (Wildman–Crippen MR) is 73.9 cm³/mol. The van der Waals surface area contributed by atoms with Gasteiger partial charge in [-0.15, -0.1) is 0 Å². The SMILES string of the molecule is c1ccc(OCCCC2CC3CCN2CC3)cc1. The van der Waals surface area contributed by atoms with Crippen LogP contribution in [0.5, 0.6) is 5.75 Å². The van der Waals surface area contributed by atoms with Crippen LogP contribution in [-0.2, 0) is 0 Å². The van der Waals surface area contributed by atoms with Crippen molar-refractivity contribution in [1.29, 1.82) is 0 Å². The number of hydrogen-bond donors (Lipinski definition) is 0. The lowest BCUT2D eigenvalue weighted by molar-refractivity contribution is 0.0422. The van der Waals surface area contributed by atoms with Crippen LogP contribution in [0.1, 0.15) is 32.1 Å². The number of ether oxygens (including phenoxy) is 1. The molecule has 1 unspecified atom stereocenters. The van der Waals surface area contributed by atoms with Crippen LogP contribution in [0.15, 0.2) is 30.3 Å². The first-order chi connectivity index (χ1) is 8.92. The Kier molecular flexibility index (Phi) is 3.84. The van der Waals surface area contributed by atoms with E-state index in [-0.39, 0.29) is 0 Å². The van der Waals surface area contributed by atoms with Crippen LogP contribution < -0.4 is 4.74 Å². The highest BCUT2D eigenvalue weighted by molar-refractivity contribution is 5.20. The Morgan fingerprint density at radius 2 is 1.89 bits per heavy atom. The molecule has 3 saturated heterocycles. The molecule has 1 aromatic rings. The Morgan fingerprint density at radius 1 is 1.11 bits per heavy atom. The quantitative estimate of drug-likeness (QED) is 0.738. The van der Waals surface area contributed by atoms with Gasteiger partial charge in [-0.3, -0.25) is 0 Å². The Labute approximate surface area is 110 Å². The van der Waals surface area contributed by atoms with E-state index in [1.165, 1.54) is 45.2 Å². The standard InChI is InChI=1S/C16H23NO/c1-2-6-16(7-3-1)18-12-4-5-15-13-14-8-10-17(15)11-9-14/h1-3,6-7,14-15H,4-5,8-13H2. The fourth-order valence-corrected chi connectivity index (χ4v) is 3.41. The van der Waals surface area contributed by atoms with E-state index in [1.807, 2.05) is 30.3 Å². The molecule has 98 valence electrons. The molecule has 0 aliphatic carbocycles. The summed E-state index contributed by atoms with van der Waals surface area (Å²) in [6.07, 6.45) is 6.81. The maximum Gasteiger partial charge on any atom is 0.119 e. The van der Waals surface area contributed by atoms with Crippen molar-refractivity contribution in [2.45, 2.75) is 38.1 Å². The second-order valence-electron chi connectivity index (χ2n) is 5.67. The summed E-state index contributed by atoms with van der Waals surface area (Å²) in [6, 6.07) is 11.0. The van der Waals surface area contributed by atoms with Crippen LogP contribution in [0, 0.1) is 5.92 Å². The van der Waals surface area contributed by atoms with E-state index in [4.69, 9.17) is 4.74 Å². The topological polar surface area (TPSA) is 12.5 Å². The van der Waals surface area contributed by atoms with Crippen LogP contribution >= 0.6 is 0 Å². The maximum absolute atomic E-state index is 5.76. The van der Waals surface area contributed by atoms with E-state index < -0.39 is 0 Å². The van der Waals surface area contributed by atoms with Crippen LogP contribution in [0.2, 0.25) is 0 Å². The molecule has 0 aromatic heterocycles. The maximum atomic E-state index is 5.76. The predicted octanol–water partition coefficient (Wildman–Crippen LogP) is 3.33. The van der Waals surface area contributed by atoms with Crippen molar-refractivity contribution < 1.29 is 4.74 Å². The van der Waals surface area contributed by atoms with Crippen molar-refractivity contribution in [3.05, 3.63) is 30.3 Å². The fraction of sp³-hybridized carbons (Fsp3) is 0.625. The van der Waals surface area contributed by atoms with Gasteiger partial charge in [-0.1, -0.05) is 18.2 Å². The first-order valence-corrected chi connectivity index (χ1v) is 7.34. The Balaban J connectivity index is 1.38. The van der Waals surface area contributed by atoms with E-state index in [9.17, 15) is 0 Å². The lowest BCUT2D eigenvalue weighted by Gasteiger charge is -2.45. The monoisotopic (exact) mass is 245 g/mol. The van der Waals surface area contributed by atoms with Crippen LogP contribution in [0.4, 0.5) is 0 Å². The number of piperidine rings is 3. The second-order valence-corrected chi connectivity index (χ2v) is 5.67. The Bertz CT molecular complexity index is 357. The van der Waals surface area contributed by atoms with E-state index >= 15 is 0 Å². The molecule has 0 spiro atoms. The summed E-state index contributed by atoms with van der Waals surface area (Å²) >= 11 is 0. The summed E-state index contributed by atoms with van der Waals surface area (Å²) < 4.78 is 5.76. The number of benzene rings is 1.